The number of ether oxygens (including phenoxy) is 6. The van der Waals surface area contributed by atoms with Crippen molar-refractivity contribution in [2.45, 2.75) is 93.4 Å². The molecule has 15 unspecified atom stereocenters. The summed E-state index contributed by atoms with van der Waals surface area (Å²) >= 11 is 0. The van der Waals surface area contributed by atoms with Crippen molar-refractivity contribution >= 4 is 0 Å². The average Bonchev–Trinajstić information content (AvgIpc) is 4.13. The van der Waals surface area contributed by atoms with Crippen molar-refractivity contribution in [1.29, 1.82) is 0 Å². The topological polar surface area (TPSA) is 65.3 Å². The number of fused-ring (bicyclic) bond motifs is 10. The van der Waals surface area contributed by atoms with Gasteiger partial charge in [0.15, 0.2) is 0 Å². The van der Waals surface area contributed by atoms with Gasteiger partial charge in [-0.2, -0.15) is 0 Å². The fourth-order valence-electron chi connectivity index (χ4n) is 13.5. The largest absolute Gasteiger partial charge is 0.491 e. The van der Waals surface area contributed by atoms with Crippen LogP contribution in [0.5, 0.6) is 17.2 Å². The minimum Gasteiger partial charge on any atom is -0.491 e. The third-order valence-corrected chi connectivity index (χ3v) is 16.0. The Morgan fingerprint density at radius 2 is 1.00 bits per heavy atom. The zero-order chi connectivity index (χ0) is 34.6. The summed E-state index contributed by atoms with van der Waals surface area (Å²) in [5, 5.41) is 0. The lowest BCUT2D eigenvalue weighted by Crippen LogP contribution is -2.23. The van der Waals surface area contributed by atoms with Gasteiger partial charge in [-0.25, -0.2) is 0 Å². The van der Waals surface area contributed by atoms with Gasteiger partial charge in [0, 0.05) is 0 Å². The lowest BCUT2D eigenvalue weighted by Gasteiger charge is -2.33. The molecule has 9 aliphatic rings. The van der Waals surface area contributed by atoms with E-state index in [1.807, 2.05) is 0 Å². The highest BCUT2D eigenvalue weighted by Crippen LogP contribution is 2.68. The molecule has 3 heterocycles. The summed E-state index contributed by atoms with van der Waals surface area (Å²) in [6, 6.07) is 25.4. The minimum atomic E-state index is 0.269. The molecule has 6 heteroatoms. The number of para-hydroxylation sites is 1. The van der Waals surface area contributed by atoms with E-state index in [2.05, 4.69) is 66.7 Å². The van der Waals surface area contributed by atoms with Crippen LogP contribution >= 0.6 is 0 Å². The van der Waals surface area contributed by atoms with Crippen molar-refractivity contribution in [1.82, 2.24) is 0 Å². The molecule has 53 heavy (non-hydrogen) atoms. The van der Waals surface area contributed by atoms with Crippen molar-refractivity contribution in [3.63, 3.8) is 0 Å². The zero-order valence-electron chi connectivity index (χ0n) is 30.9. The Kier molecular flexibility index (Phi) is 7.75. The Hall–Kier alpha value is -3.06. The molecule has 3 aromatic carbocycles. The molecule has 0 aromatic heterocycles. The molecule has 6 nitrogen and oxygen atoms in total. The van der Waals surface area contributed by atoms with E-state index in [9.17, 15) is 0 Å². The van der Waals surface area contributed by atoms with E-state index in [-0.39, 0.29) is 12.2 Å². The first-order valence-corrected chi connectivity index (χ1v) is 21.2. The number of benzene rings is 3. The van der Waals surface area contributed by atoms with Crippen LogP contribution in [0.3, 0.4) is 0 Å². The quantitative estimate of drug-likeness (QED) is 0.165. The van der Waals surface area contributed by atoms with Gasteiger partial charge in [-0.1, -0.05) is 42.5 Å². The van der Waals surface area contributed by atoms with Gasteiger partial charge in [-0.15, -0.1) is 0 Å². The van der Waals surface area contributed by atoms with Crippen LogP contribution in [0.25, 0.3) is 0 Å². The van der Waals surface area contributed by atoms with Crippen LogP contribution in [0.15, 0.2) is 66.7 Å². The number of hydrogen-bond donors (Lipinski definition) is 0. The Morgan fingerprint density at radius 1 is 0.453 bits per heavy atom. The Labute approximate surface area is 314 Å². The van der Waals surface area contributed by atoms with Crippen molar-refractivity contribution in [2.75, 3.05) is 39.6 Å². The Morgan fingerprint density at radius 3 is 1.64 bits per heavy atom. The standard InChI is InChI=1S/C47H54O6/c1-2-7-46(52-24-34-22-50-34)36(6-1)40-15-30-17-44(40)43-14-29(12-39(30)43)27-8-9-37(47(19-27)53-25-35-23-51-35)41-16-31-18-45(41)42-13-28(11-38(31)42)26-4-3-5-32(10-26)48-20-33-21-49-33/h1-10,19,28-31,33-35,38-45H,11-18,20-25H2. The highest BCUT2D eigenvalue weighted by Gasteiger charge is 2.58. The summed E-state index contributed by atoms with van der Waals surface area (Å²) in [4.78, 5) is 0. The van der Waals surface area contributed by atoms with Gasteiger partial charge in [0.1, 0.15) is 55.4 Å². The number of epoxide rings is 3. The fourth-order valence-corrected chi connectivity index (χ4v) is 13.5. The average molecular weight is 715 g/mol. The molecule has 15 atom stereocenters. The highest BCUT2D eigenvalue weighted by molar-refractivity contribution is 5.44. The minimum absolute atomic E-state index is 0.269. The van der Waals surface area contributed by atoms with Gasteiger partial charge >= 0.3 is 0 Å². The fraction of sp³-hybridized carbons (Fsp3) is 0.617. The molecule has 9 fully saturated rings. The van der Waals surface area contributed by atoms with Crippen molar-refractivity contribution in [2.24, 2.45) is 47.3 Å². The molecule has 6 aliphatic carbocycles. The van der Waals surface area contributed by atoms with Crippen LogP contribution in [0.2, 0.25) is 0 Å². The molecule has 3 aromatic rings. The summed E-state index contributed by atoms with van der Waals surface area (Å²) in [6.07, 6.45) is 11.7. The van der Waals surface area contributed by atoms with Crippen LogP contribution in [0.4, 0.5) is 0 Å². The second kappa shape index (κ2) is 12.7. The summed E-state index contributed by atoms with van der Waals surface area (Å²) in [5.41, 5.74) is 5.95. The molecule has 0 spiro atoms. The van der Waals surface area contributed by atoms with E-state index in [4.69, 9.17) is 28.4 Å². The van der Waals surface area contributed by atoms with Gasteiger partial charge in [-0.05, 0) is 169 Å². The SMILES string of the molecule is c1cc(OCC2CO2)cc(C2CC3C4CC(c5ccc(C6CC7C8CC(c9ccccc9OCC9CO9)C(C8)C7C6)cc5OCC5CO5)C(C4)C3C2)c1. The van der Waals surface area contributed by atoms with Gasteiger partial charge in [0.25, 0.3) is 0 Å². The third kappa shape index (κ3) is 5.92. The molecule has 3 aliphatic heterocycles. The van der Waals surface area contributed by atoms with Crippen LogP contribution in [0, 0.1) is 47.3 Å². The first-order chi connectivity index (χ1) is 26.2. The van der Waals surface area contributed by atoms with E-state index < -0.39 is 0 Å². The normalized spacial score (nSPS) is 42.1. The molecule has 278 valence electrons. The summed E-state index contributed by atoms with van der Waals surface area (Å²) in [6.45, 7) is 4.57. The van der Waals surface area contributed by atoms with Crippen LogP contribution in [-0.2, 0) is 14.2 Å². The monoisotopic (exact) mass is 714 g/mol. The van der Waals surface area contributed by atoms with Gasteiger partial charge in [0.2, 0.25) is 0 Å². The third-order valence-electron chi connectivity index (χ3n) is 16.0. The van der Waals surface area contributed by atoms with Gasteiger partial charge in [0.05, 0.1) is 19.8 Å². The molecular formula is C47H54O6. The van der Waals surface area contributed by atoms with E-state index in [1.165, 1.54) is 79.4 Å². The summed E-state index contributed by atoms with van der Waals surface area (Å²) in [7, 11) is 0. The molecule has 12 rings (SSSR count). The van der Waals surface area contributed by atoms with Gasteiger partial charge < -0.3 is 28.4 Å². The zero-order valence-corrected chi connectivity index (χ0v) is 30.9. The summed E-state index contributed by atoms with van der Waals surface area (Å²) < 4.78 is 35.6. The van der Waals surface area contributed by atoms with Crippen LogP contribution in [-0.4, -0.2) is 58.0 Å². The van der Waals surface area contributed by atoms with Crippen molar-refractivity contribution in [3.05, 3.63) is 89.0 Å². The predicted molar refractivity (Wildman–Crippen MR) is 201 cm³/mol. The molecule has 6 saturated carbocycles. The van der Waals surface area contributed by atoms with Crippen molar-refractivity contribution < 1.29 is 28.4 Å². The van der Waals surface area contributed by atoms with Crippen LogP contribution < -0.4 is 14.2 Å². The van der Waals surface area contributed by atoms with Crippen LogP contribution in [0.1, 0.15) is 97.3 Å². The first-order valence-electron chi connectivity index (χ1n) is 21.2. The Bertz CT molecular complexity index is 1850. The lowest BCUT2D eigenvalue weighted by molar-refractivity contribution is 0.222. The van der Waals surface area contributed by atoms with E-state index in [0.29, 0.717) is 49.6 Å². The van der Waals surface area contributed by atoms with E-state index in [1.54, 1.807) is 0 Å². The van der Waals surface area contributed by atoms with Crippen molar-refractivity contribution in [3.8, 4) is 17.2 Å². The molecule has 0 radical (unpaired) electrons. The maximum absolute atomic E-state index is 6.75. The maximum atomic E-state index is 6.75. The highest BCUT2D eigenvalue weighted by atomic mass is 16.6. The Balaban J connectivity index is 0.757. The maximum Gasteiger partial charge on any atom is 0.123 e. The molecular weight excluding hydrogens is 661 g/mol. The summed E-state index contributed by atoms with van der Waals surface area (Å²) in [5.74, 6) is 12.5. The molecule has 3 saturated heterocycles. The number of rotatable bonds is 13. The molecule has 0 N–H and O–H groups in total. The first kappa shape index (κ1) is 32.2. The number of hydrogen-bond acceptors (Lipinski definition) is 6. The van der Waals surface area contributed by atoms with E-state index in [0.717, 1.165) is 78.7 Å². The smallest absolute Gasteiger partial charge is 0.123 e. The molecule has 4 bridgehead atoms. The van der Waals surface area contributed by atoms with Gasteiger partial charge in [-0.3, -0.25) is 0 Å². The predicted octanol–water partition coefficient (Wildman–Crippen LogP) is 8.89. The molecule has 0 amide bonds. The lowest BCUT2D eigenvalue weighted by atomic mass is 9.72. The second-order valence-corrected chi connectivity index (χ2v) is 18.7. The second-order valence-electron chi connectivity index (χ2n) is 18.7. The van der Waals surface area contributed by atoms with E-state index >= 15 is 0 Å².